The minimum Gasteiger partial charge on any atom is -0.345 e. The van der Waals surface area contributed by atoms with Crippen LogP contribution < -0.4 is 10.6 Å². The lowest BCUT2D eigenvalue weighted by Crippen LogP contribution is -2.27. The highest BCUT2D eigenvalue weighted by Gasteiger charge is 2.20. The Kier molecular flexibility index (Phi) is 4.11. The van der Waals surface area contributed by atoms with Crippen molar-refractivity contribution in [3.63, 3.8) is 0 Å². The summed E-state index contributed by atoms with van der Waals surface area (Å²) in [5, 5.41) is 11.2. The van der Waals surface area contributed by atoms with Crippen molar-refractivity contribution in [2.75, 3.05) is 13.1 Å². The molecule has 1 saturated heterocycles. The second kappa shape index (κ2) is 6.38. The van der Waals surface area contributed by atoms with Crippen LogP contribution in [-0.4, -0.2) is 33.4 Å². The SMILES string of the molecule is O=C(NCc1cn2ccsc2n1)c1csc(C2CCNCC2)n1. The van der Waals surface area contributed by atoms with E-state index in [0.29, 0.717) is 18.2 Å². The van der Waals surface area contributed by atoms with Gasteiger partial charge in [-0.25, -0.2) is 9.97 Å². The molecule has 0 unspecified atom stereocenters. The lowest BCUT2D eigenvalue weighted by Gasteiger charge is -2.20. The Labute approximate surface area is 141 Å². The Morgan fingerprint density at radius 1 is 1.35 bits per heavy atom. The van der Waals surface area contributed by atoms with Crippen LogP contribution >= 0.6 is 22.7 Å². The lowest BCUT2D eigenvalue weighted by atomic mass is 9.99. The monoisotopic (exact) mass is 347 g/mol. The van der Waals surface area contributed by atoms with E-state index in [0.717, 1.165) is 41.6 Å². The summed E-state index contributed by atoms with van der Waals surface area (Å²) in [6.07, 6.45) is 6.09. The first-order chi connectivity index (χ1) is 11.3. The summed E-state index contributed by atoms with van der Waals surface area (Å²) in [4.78, 5) is 22.2. The first-order valence-corrected chi connectivity index (χ1v) is 9.41. The summed E-state index contributed by atoms with van der Waals surface area (Å²) < 4.78 is 1.96. The van der Waals surface area contributed by atoms with Gasteiger partial charge in [0.25, 0.3) is 5.91 Å². The molecule has 8 heteroatoms. The Balaban J connectivity index is 1.38. The molecule has 4 heterocycles. The van der Waals surface area contributed by atoms with Gasteiger partial charge < -0.3 is 10.6 Å². The predicted molar refractivity (Wildman–Crippen MR) is 91.2 cm³/mol. The highest BCUT2D eigenvalue weighted by Crippen LogP contribution is 2.27. The van der Waals surface area contributed by atoms with E-state index in [4.69, 9.17) is 0 Å². The van der Waals surface area contributed by atoms with Gasteiger partial charge in [0.15, 0.2) is 4.96 Å². The molecule has 0 radical (unpaired) electrons. The fourth-order valence-corrected chi connectivity index (χ4v) is 4.46. The summed E-state index contributed by atoms with van der Waals surface area (Å²) in [5.41, 5.74) is 1.38. The van der Waals surface area contributed by atoms with E-state index in [9.17, 15) is 4.79 Å². The molecule has 23 heavy (non-hydrogen) atoms. The predicted octanol–water partition coefficient (Wildman–Crippen LogP) is 2.25. The second-order valence-electron chi connectivity index (χ2n) is 5.60. The number of nitrogens with zero attached hydrogens (tertiary/aromatic N) is 3. The first kappa shape index (κ1) is 14.8. The number of thiazole rings is 2. The average molecular weight is 347 g/mol. The molecule has 1 fully saturated rings. The third-order valence-electron chi connectivity index (χ3n) is 4.02. The van der Waals surface area contributed by atoms with E-state index < -0.39 is 0 Å². The van der Waals surface area contributed by atoms with Crippen LogP contribution in [0.15, 0.2) is 23.2 Å². The quantitative estimate of drug-likeness (QED) is 0.759. The van der Waals surface area contributed by atoms with Crippen LogP contribution in [0.3, 0.4) is 0 Å². The Bertz CT molecular complexity index is 786. The maximum Gasteiger partial charge on any atom is 0.271 e. The van der Waals surface area contributed by atoms with Gasteiger partial charge in [0.1, 0.15) is 5.69 Å². The third kappa shape index (κ3) is 3.15. The van der Waals surface area contributed by atoms with Gasteiger partial charge in [-0.1, -0.05) is 0 Å². The number of fused-ring (bicyclic) bond motifs is 1. The number of nitrogens with one attached hydrogen (secondary N) is 2. The third-order valence-corrected chi connectivity index (χ3v) is 5.79. The van der Waals surface area contributed by atoms with Crippen LogP contribution in [-0.2, 0) is 6.54 Å². The zero-order valence-corrected chi connectivity index (χ0v) is 14.1. The molecule has 3 aromatic rings. The van der Waals surface area contributed by atoms with E-state index >= 15 is 0 Å². The number of rotatable bonds is 4. The number of hydrogen-bond donors (Lipinski definition) is 2. The fraction of sp³-hybridized carbons (Fsp3) is 0.400. The van der Waals surface area contributed by atoms with Gasteiger partial charge in [-0.05, 0) is 25.9 Å². The van der Waals surface area contributed by atoms with Crippen molar-refractivity contribution in [1.82, 2.24) is 25.0 Å². The molecule has 0 spiro atoms. The van der Waals surface area contributed by atoms with Gasteiger partial charge in [-0.3, -0.25) is 9.20 Å². The van der Waals surface area contributed by atoms with Gasteiger partial charge in [-0.15, -0.1) is 22.7 Å². The summed E-state index contributed by atoms with van der Waals surface area (Å²) >= 11 is 3.17. The molecule has 1 amide bonds. The number of carbonyl (C=O) groups excluding carboxylic acids is 1. The molecular formula is C15H17N5OS2. The molecule has 120 valence electrons. The van der Waals surface area contributed by atoms with E-state index in [1.54, 1.807) is 22.7 Å². The van der Waals surface area contributed by atoms with Crippen LogP contribution in [0, 0.1) is 0 Å². The molecule has 1 aliphatic rings. The maximum absolute atomic E-state index is 12.3. The molecule has 0 bridgehead atoms. The van der Waals surface area contributed by atoms with E-state index in [1.165, 1.54) is 0 Å². The van der Waals surface area contributed by atoms with Gasteiger partial charge >= 0.3 is 0 Å². The Hall–Kier alpha value is -1.77. The minimum atomic E-state index is -0.127. The van der Waals surface area contributed by atoms with E-state index in [1.807, 2.05) is 27.6 Å². The summed E-state index contributed by atoms with van der Waals surface area (Å²) in [6, 6.07) is 0. The van der Waals surface area contributed by atoms with Crippen molar-refractivity contribution in [2.24, 2.45) is 0 Å². The van der Waals surface area contributed by atoms with Gasteiger partial charge in [0, 0.05) is 29.1 Å². The largest absolute Gasteiger partial charge is 0.345 e. The molecule has 0 atom stereocenters. The Morgan fingerprint density at radius 2 is 2.22 bits per heavy atom. The zero-order chi connectivity index (χ0) is 15.6. The van der Waals surface area contributed by atoms with Crippen LogP contribution in [0.4, 0.5) is 0 Å². The average Bonchev–Trinajstić information content (AvgIpc) is 3.29. The summed E-state index contributed by atoms with van der Waals surface area (Å²) in [6.45, 7) is 2.49. The second-order valence-corrected chi connectivity index (χ2v) is 7.37. The van der Waals surface area contributed by atoms with Crippen molar-refractivity contribution >= 4 is 33.5 Å². The lowest BCUT2D eigenvalue weighted by molar-refractivity contribution is 0.0946. The molecule has 4 rings (SSSR count). The number of aromatic nitrogens is 3. The van der Waals surface area contributed by atoms with Crippen LogP contribution in [0.25, 0.3) is 4.96 Å². The standard InChI is InChI=1S/C15H17N5OS2/c21-13(17-7-11-8-20-5-6-22-15(20)18-11)12-9-23-14(19-12)10-1-3-16-4-2-10/h5-6,8-10,16H,1-4,7H2,(H,17,21). The van der Waals surface area contributed by atoms with Crippen LogP contribution in [0.2, 0.25) is 0 Å². The Morgan fingerprint density at radius 3 is 3.04 bits per heavy atom. The van der Waals surface area contributed by atoms with Crippen molar-refractivity contribution in [3.8, 4) is 0 Å². The zero-order valence-electron chi connectivity index (χ0n) is 12.5. The maximum atomic E-state index is 12.3. The topological polar surface area (TPSA) is 71.3 Å². The molecule has 6 nitrogen and oxygen atoms in total. The van der Waals surface area contributed by atoms with E-state index in [2.05, 4.69) is 20.6 Å². The van der Waals surface area contributed by atoms with Crippen molar-refractivity contribution in [2.45, 2.75) is 25.3 Å². The molecular weight excluding hydrogens is 330 g/mol. The molecule has 3 aromatic heterocycles. The highest BCUT2D eigenvalue weighted by molar-refractivity contribution is 7.15. The minimum absolute atomic E-state index is 0.127. The first-order valence-electron chi connectivity index (χ1n) is 7.65. The van der Waals surface area contributed by atoms with Crippen molar-refractivity contribution < 1.29 is 4.79 Å². The molecule has 0 aliphatic carbocycles. The smallest absolute Gasteiger partial charge is 0.271 e. The van der Waals surface area contributed by atoms with Gasteiger partial charge in [-0.2, -0.15) is 0 Å². The molecule has 0 aromatic carbocycles. The van der Waals surface area contributed by atoms with Crippen molar-refractivity contribution in [3.05, 3.63) is 39.5 Å². The normalized spacial score (nSPS) is 16.0. The number of imidazole rings is 1. The number of hydrogen-bond acceptors (Lipinski definition) is 6. The highest BCUT2D eigenvalue weighted by atomic mass is 32.1. The summed E-state index contributed by atoms with van der Waals surface area (Å²) in [5.74, 6) is 0.362. The van der Waals surface area contributed by atoms with Crippen LogP contribution in [0.5, 0.6) is 0 Å². The van der Waals surface area contributed by atoms with Crippen LogP contribution in [0.1, 0.15) is 39.9 Å². The number of piperidine rings is 1. The molecule has 2 N–H and O–H groups in total. The number of carbonyl (C=O) groups is 1. The van der Waals surface area contributed by atoms with Gasteiger partial charge in [0.05, 0.1) is 17.2 Å². The fourth-order valence-electron chi connectivity index (χ4n) is 2.77. The summed E-state index contributed by atoms with van der Waals surface area (Å²) in [7, 11) is 0. The molecule has 1 aliphatic heterocycles. The van der Waals surface area contributed by atoms with E-state index in [-0.39, 0.29) is 5.91 Å². The number of amides is 1. The van der Waals surface area contributed by atoms with Crippen molar-refractivity contribution in [1.29, 1.82) is 0 Å². The van der Waals surface area contributed by atoms with Gasteiger partial charge in [0.2, 0.25) is 0 Å². The molecule has 0 saturated carbocycles.